The minimum atomic E-state index is -0.604. The van der Waals surface area contributed by atoms with Crippen LogP contribution in [0.5, 0.6) is 0 Å². The van der Waals surface area contributed by atoms with Gasteiger partial charge in [-0.05, 0) is 17.7 Å². The van der Waals surface area contributed by atoms with Gasteiger partial charge in [-0.25, -0.2) is 9.59 Å². The Hall–Kier alpha value is -3.68. The summed E-state index contributed by atoms with van der Waals surface area (Å²) in [6, 6.07) is 14.5. The molecule has 0 bridgehead atoms. The maximum Gasteiger partial charge on any atom is 0.414 e. The second-order valence-electron chi connectivity index (χ2n) is 6.14. The fourth-order valence-corrected chi connectivity index (χ4v) is 2.66. The quantitative estimate of drug-likeness (QED) is 0.444. The van der Waals surface area contributed by atoms with Crippen molar-refractivity contribution in [3.05, 3.63) is 88.1 Å². The maximum absolute atomic E-state index is 12.2. The molecule has 0 aromatic heterocycles. The summed E-state index contributed by atoms with van der Waals surface area (Å²) in [5.41, 5.74) is 0.973. The molecule has 8 nitrogen and oxygen atoms in total. The Kier molecular flexibility index (Phi) is 6.01. The van der Waals surface area contributed by atoms with Gasteiger partial charge in [0.1, 0.15) is 12.7 Å². The summed E-state index contributed by atoms with van der Waals surface area (Å²) in [7, 11) is 0. The van der Waals surface area contributed by atoms with Gasteiger partial charge in [0.15, 0.2) is 0 Å². The molecule has 0 saturated carbocycles. The first-order valence-corrected chi connectivity index (χ1v) is 8.62. The first-order valence-electron chi connectivity index (χ1n) is 8.62. The van der Waals surface area contributed by atoms with Crippen LogP contribution in [0.15, 0.2) is 66.9 Å². The first kappa shape index (κ1) is 19.1. The van der Waals surface area contributed by atoms with E-state index in [-0.39, 0.29) is 24.4 Å². The Bertz CT molecular complexity index is 879. The van der Waals surface area contributed by atoms with Crippen molar-refractivity contribution in [1.82, 2.24) is 4.90 Å². The van der Waals surface area contributed by atoms with Gasteiger partial charge < -0.3 is 9.47 Å². The zero-order valence-corrected chi connectivity index (χ0v) is 14.9. The lowest BCUT2D eigenvalue weighted by Gasteiger charge is -2.27. The molecule has 0 radical (unpaired) electrons. The monoisotopic (exact) mass is 382 g/mol. The Morgan fingerprint density at radius 3 is 2.50 bits per heavy atom. The van der Waals surface area contributed by atoms with E-state index in [2.05, 4.69) is 0 Å². The predicted molar refractivity (Wildman–Crippen MR) is 99.4 cm³/mol. The van der Waals surface area contributed by atoms with Crippen molar-refractivity contribution in [2.75, 3.05) is 6.54 Å². The fraction of sp³-hybridized carbons (Fsp3) is 0.200. The molecular weight excluding hydrogens is 364 g/mol. The summed E-state index contributed by atoms with van der Waals surface area (Å²) in [5, 5.41) is 10.7. The Morgan fingerprint density at radius 2 is 1.82 bits per heavy atom. The zero-order chi connectivity index (χ0) is 19.9. The van der Waals surface area contributed by atoms with Crippen molar-refractivity contribution < 1.29 is 24.0 Å². The van der Waals surface area contributed by atoms with Crippen LogP contribution in [0.3, 0.4) is 0 Å². The lowest BCUT2D eigenvalue weighted by Crippen LogP contribution is -2.38. The zero-order valence-electron chi connectivity index (χ0n) is 14.9. The molecule has 0 aliphatic carbocycles. The highest BCUT2D eigenvalue weighted by Gasteiger charge is 2.24. The lowest BCUT2D eigenvalue weighted by molar-refractivity contribution is -0.384. The predicted octanol–water partition coefficient (Wildman–Crippen LogP) is 3.68. The smallest absolute Gasteiger partial charge is 0.414 e. The van der Waals surface area contributed by atoms with Crippen LogP contribution in [-0.2, 0) is 16.1 Å². The van der Waals surface area contributed by atoms with Crippen LogP contribution in [0.2, 0.25) is 0 Å². The number of nitro benzene ring substituents is 1. The number of benzene rings is 2. The SMILES string of the molecule is O=C(O[C@H]1CC=CN(C(=O)OCc2ccccc2)C1)c1ccc([N+](=O)[O-])cc1. The third-order valence-electron chi connectivity index (χ3n) is 4.11. The van der Waals surface area contributed by atoms with Crippen LogP contribution in [0.25, 0.3) is 0 Å². The van der Waals surface area contributed by atoms with E-state index in [1.165, 1.54) is 29.2 Å². The molecule has 0 saturated heterocycles. The van der Waals surface area contributed by atoms with Gasteiger partial charge in [0, 0.05) is 24.8 Å². The summed E-state index contributed by atoms with van der Waals surface area (Å²) in [6.45, 7) is 0.320. The van der Waals surface area contributed by atoms with Gasteiger partial charge in [-0.15, -0.1) is 0 Å². The molecule has 1 atom stereocenters. The van der Waals surface area contributed by atoms with Crippen molar-refractivity contribution >= 4 is 17.7 Å². The van der Waals surface area contributed by atoms with Gasteiger partial charge in [0.05, 0.1) is 17.0 Å². The van der Waals surface area contributed by atoms with Gasteiger partial charge in [0.2, 0.25) is 0 Å². The lowest BCUT2D eigenvalue weighted by atomic mass is 10.1. The van der Waals surface area contributed by atoms with Gasteiger partial charge in [0.25, 0.3) is 5.69 Å². The fourth-order valence-electron chi connectivity index (χ4n) is 2.66. The third kappa shape index (κ3) is 4.94. The molecule has 3 rings (SSSR count). The van der Waals surface area contributed by atoms with E-state index in [0.29, 0.717) is 6.42 Å². The summed E-state index contributed by atoms with van der Waals surface area (Å²) in [6.07, 6.45) is 2.72. The van der Waals surface area contributed by atoms with Gasteiger partial charge in [-0.3, -0.25) is 15.0 Å². The average Bonchev–Trinajstić information content (AvgIpc) is 2.73. The number of hydrogen-bond acceptors (Lipinski definition) is 6. The summed E-state index contributed by atoms with van der Waals surface area (Å²) in [5.74, 6) is -0.604. The van der Waals surface area contributed by atoms with Crippen molar-refractivity contribution in [3.63, 3.8) is 0 Å². The number of carbonyl (C=O) groups excluding carboxylic acids is 2. The van der Waals surface area contributed by atoms with Crippen LogP contribution >= 0.6 is 0 Å². The van der Waals surface area contributed by atoms with E-state index < -0.39 is 23.1 Å². The highest BCUT2D eigenvalue weighted by atomic mass is 16.6. The molecule has 8 heteroatoms. The standard InChI is InChI=1S/C20H18N2O6/c23-19(16-8-10-17(11-9-16)22(25)26)28-18-7-4-12-21(13-18)20(24)27-14-15-5-2-1-3-6-15/h1-6,8-12,18H,7,13-14H2/t18-/m0/s1. The summed E-state index contributed by atoms with van der Waals surface area (Å²) < 4.78 is 10.7. The molecule has 28 heavy (non-hydrogen) atoms. The highest BCUT2D eigenvalue weighted by molar-refractivity contribution is 5.89. The molecule has 1 aliphatic rings. The molecule has 2 aromatic rings. The van der Waals surface area contributed by atoms with Crippen LogP contribution in [0.4, 0.5) is 10.5 Å². The largest absolute Gasteiger partial charge is 0.457 e. The number of nitro groups is 1. The number of non-ortho nitro benzene ring substituents is 1. The van der Waals surface area contributed by atoms with E-state index in [9.17, 15) is 19.7 Å². The molecule has 0 fully saturated rings. The number of rotatable bonds is 5. The first-order chi connectivity index (χ1) is 13.5. The Balaban J connectivity index is 1.53. The van der Waals surface area contributed by atoms with Crippen molar-refractivity contribution in [2.45, 2.75) is 19.1 Å². The molecule has 2 aromatic carbocycles. The van der Waals surface area contributed by atoms with E-state index in [1.807, 2.05) is 30.3 Å². The normalized spacial score (nSPS) is 15.7. The molecule has 0 N–H and O–H groups in total. The van der Waals surface area contributed by atoms with E-state index in [0.717, 1.165) is 5.56 Å². The van der Waals surface area contributed by atoms with Crippen LogP contribution in [-0.4, -0.2) is 34.5 Å². The average molecular weight is 382 g/mol. The summed E-state index contributed by atoms with van der Waals surface area (Å²) >= 11 is 0. The van der Waals surface area contributed by atoms with Crippen molar-refractivity contribution in [3.8, 4) is 0 Å². The molecule has 1 aliphatic heterocycles. The molecular formula is C20H18N2O6. The molecule has 1 amide bonds. The molecule has 0 unspecified atom stereocenters. The second kappa shape index (κ2) is 8.81. The van der Waals surface area contributed by atoms with Gasteiger partial charge >= 0.3 is 12.1 Å². The van der Waals surface area contributed by atoms with E-state index in [4.69, 9.17) is 9.47 Å². The number of amides is 1. The number of nitrogens with zero attached hydrogens (tertiary/aromatic N) is 2. The summed E-state index contributed by atoms with van der Waals surface area (Å²) in [4.78, 5) is 35.9. The van der Waals surface area contributed by atoms with Gasteiger partial charge in [-0.1, -0.05) is 36.4 Å². The minimum Gasteiger partial charge on any atom is -0.457 e. The van der Waals surface area contributed by atoms with Gasteiger partial charge in [-0.2, -0.15) is 0 Å². The number of ether oxygens (including phenoxy) is 2. The van der Waals surface area contributed by atoms with E-state index in [1.54, 1.807) is 12.3 Å². The number of carbonyl (C=O) groups is 2. The van der Waals surface area contributed by atoms with E-state index >= 15 is 0 Å². The molecule has 1 heterocycles. The maximum atomic E-state index is 12.2. The van der Waals surface area contributed by atoms with Crippen LogP contribution in [0, 0.1) is 10.1 Å². The second-order valence-corrected chi connectivity index (χ2v) is 6.14. The minimum absolute atomic E-state index is 0.107. The van der Waals surface area contributed by atoms with Crippen molar-refractivity contribution in [2.24, 2.45) is 0 Å². The van der Waals surface area contributed by atoms with Crippen molar-refractivity contribution in [1.29, 1.82) is 0 Å². The molecule has 0 spiro atoms. The number of hydrogen-bond donors (Lipinski definition) is 0. The van der Waals surface area contributed by atoms with Crippen LogP contribution in [0.1, 0.15) is 22.3 Å². The topological polar surface area (TPSA) is 99.0 Å². The molecule has 144 valence electrons. The highest BCUT2D eigenvalue weighted by Crippen LogP contribution is 2.17. The number of esters is 1. The van der Waals surface area contributed by atoms with Crippen LogP contribution < -0.4 is 0 Å². The third-order valence-corrected chi connectivity index (χ3v) is 4.11. The Labute approximate surface area is 161 Å². The Morgan fingerprint density at radius 1 is 1.11 bits per heavy atom.